The largest absolute Gasteiger partial charge is 0.464 e. The molecule has 0 aliphatic carbocycles. The van der Waals surface area contributed by atoms with Gasteiger partial charge < -0.3 is 14.8 Å². The number of hydrogen-bond donors (Lipinski definition) is 1. The summed E-state index contributed by atoms with van der Waals surface area (Å²) in [7, 11) is 1.33. The summed E-state index contributed by atoms with van der Waals surface area (Å²) in [6, 6.07) is -0.351. The maximum absolute atomic E-state index is 11.8. The number of ether oxygens (including phenoxy) is 2. The van der Waals surface area contributed by atoms with Gasteiger partial charge in [0, 0.05) is 4.88 Å². The fourth-order valence-electron chi connectivity index (χ4n) is 1.71. The Kier molecular flexibility index (Phi) is 5.93. The molecule has 0 aromatic carbocycles. The minimum Gasteiger partial charge on any atom is -0.464 e. The molecule has 1 amide bonds. The van der Waals surface area contributed by atoms with Crippen LogP contribution in [0.3, 0.4) is 0 Å². The maximum atomic E-state index is 11.8. The van der Waals surface area contributed by atoms with E-state index in [0.717, 1.165) is 4.88 Å². The predicted molar refractivity (Wildman–Crippen MR) is 85.3 cm³/mol. The van der Waals surface area contributed by atoms with Crippen molar-refractivity contribution in [3.8, 4) is 0 Å². The lowest BCUT2D eigenvalue weighted by Crippen LogP contribution is -2.34. The van der Waals surface area contributed by atoms with Crippen LogP contribution in [0.2, 0.25) is 0 Å². The van der Waals surface area contributed by atoms with Gasteiger partial charge in [-0.3, -0.25) is 0 Å². The summed E-state index contributed by atoms with van der Waals surface area (Å²) in [6.07, 6.45) is -0.513. The van der Waals surface area contributed by atoms with Gasteiger partial charge in [-0.15, -0.1) is 11.3 Å². The maximum Gasteiger partial charge on any atom is 0.408 e. The lowest BCUT2D eigenvalue weighted by Gasteiger charge is -2.21. The lowest BCUT2D eigenvalue weighted by molar-refractivity contribution is 0.0507. The summed E-state index contributed by atoms with van der Waals surface area (Å²) in [6.45, 7) is 11.2. The number of aromatic nitrogens is 1. The van der Waals surface area contributed by atoms with Gasteiger partial charge in [-0.1, -0.05) is 13.8 Å². The van der Waals surface area contributed by atoms with Crippen LogP contribution in [0.25, 0.3) is 0 Å². The van der Waals surface area contributed by atoms with Crippen molar-refractivity contribution in [3.05, 3.63) is 15.6 Å². The zero-order valence-electron chi connectivity index (χ0n) is 14.1. The molecule has 22 heavy (non-hydrogen) atoms. The molecule has 124 valence electrons. The zero-order valence-corrected chi connectivity index (χ0v) is 15.0. The van der Waals surface area contributed by atoms with Crippen LogP contribution in [-0.2, 0) is 9.47 Å². The fourth-order valence-corrected chi connectivity index (χ4v) is 2.77. The normalized spacial score (nSPS) is 12.9. The fraction of sp³-hybridized carbons (Fsp3) is 0.667. The summed E-state index contributed by atoms with van der Waals surface area (Å²) in [4.78, 5) is 28.8. The van der Waals surface area contributed by atoms with Crippen LogP contribution in [-0.4, -0.2) is 29.8 Å². The van der Waals surface area contributed by atoms with Crippen molar-refractivity contribution in [3.63, 3.8) is 0 Å². The monoisotopic (exact) mass is 328 g/mol. The van der Waals surface area contributed by atoms with Crippen molar-refractivity contribution >= 4 is 23.4 Å². The zero-order chi connectivity index (χ0) is 17.1. The molecule has 7 heteroatoms. The molecule has 1 atom stereocenters. The van der Waals surface area contributed by atoms with E-state index >= 15 is 0 Å². The molecule has 0 saturated heterocycles. The van der Waals surface area contributed by atoms with Crippen molar-refractivity contribution in [2.24, 2.45) is 0 Å². The van der Waals surface area contributed by atoms with Gasteiger partial charge in [0.15, 0.2) is 5.69 Å². The molecule has 0 fully saturated rings. The van der Waals surface area contributed by atoms with Crippen molar-refractivity contribution < 1.29 is 19.1 Å². The van der Waals surface area contributed by atoms with Gasteiger partial charge in [0.2, 0.25) is 0 Å². The lowest BCUT2D eigenvalue weighted by atomic mass is 10.1. The summed E-state index contributed by atoms with van der Waals surface area (Å²) in [5.74, 6) is -0.315. The van der Waals surface area contributed by atoms with Crippen LogP contribution >= 0.6 is 11.3 Å². The molecule has 0 aliphatic heterocycles. The molecule has 1 aromatic heterocycles. The van der Waals surface area contributed by atoms with E-state index in [4.69, 9.17) is 9.47 Å². The van der Waals surface area contributed by atoms with Gasteiger partial charge in [-0.25, -0.2) is 14.6 Å². The van der Waals surface area contributed by atoms with Crippen LogP contribution in [0.5, 0.6) is 0 Å². The van der Waals surface area contributed by atoms with Gasteiger partial charge in [0.25, 0.3) is 0 Å². The van der Waals surface area contributed by atoms with E-state index < -0.39 is 17.7 Å². The number of alkyl carbamates (subject to hydrolysis) is 1. The first kappa shape index (κ1) is 18.4. The second-order valence-corrected chi connectivity index (χ2v) is 7.34. The molecule has 0 bridgehead atoms. The second-order valence-electron chi connectivity index (χ2n) is 6.28. The van der Waals surface area contributed by atoms with Gasteiger partial charge in [-0.2, -0.15) is 0 Å². The molecule has 1 heterocycles. The standard InChI is InChI=1S/C15H24N2O4S/c1-8(2)11-10(13(18)20-7)17-12(22-11)9(3)16-14(19)21-15(4,5)6/h8-9H,1-7H3,(H,16,19)/t9-/m0/s1. The van der Waals surface area contributed by atoms with Crippen molar-refractivity contribution in [1.82, 2.24) is 10.3 Å². The molecule has 1 N–H and O–H groups in total. The molecule has 6 nitrogen and oxygen atoms in total. The van der Waals surface area contributed by atoms with Gasteiger partial charge in [0.1, 0.15) is 10.6 Å². The molecule has 1 aromatic rings. The Morgan fingerprint density at radius 3 is 2.27 bits per heavy atom. The Morgan fingerprint density at radius 2 is 1.82 bits per heavy atom. The number of nitrogens with one attached hydrogen (secondary N) is 1. The molecule has 1 rings (SSSR count). The molecule has 0 radical (unpaired) electrons. The van der Waals surface area contributed by atoms with Gasteiger partial charge in [0.05, 0.1) is 13.2 Å². The van der Waals surface area contributed by atoms with E-state index in [-0.39, 0.29) is 12.0 Å². The number of esters is 1. The number of nitrogens with zero attached hydrogens (tertiary/aromatic N) is 1. The van der Waals surface area contributed by atoms with Crippen LogP contribution in [0.1, 0.15) is 73.9 Å². The van der Waals surface area contributed by atoms with E-state index in [0.29, 0.717) is 10.7 Å². The smallest absolute Gasteiger partial charge is 0.408 e. The van der Waals surface area contributed by atoms with E-state index in [2.05, 4.69) is 10.3 Å². The molecule has 0 saturated carbocycles. The van der Waals surface area contributed by atoms with Crippen LogP contribution in [0.15, 0.2) is 0 Å². The van der Waals surface area contributed by atoms with Crippen molar-refractivity contribution in [2.45, 2.75) is 59.1 Å². The molecule has 0 aliphatic rings. The minimum absolute atomic E-state index is 0.147. The van der Waals surface area contributed by atoms with E-state index in [1.54, 1.807) is 27.7 Å². The van der Waals surface area contributed by atoms with Crippen molar-refractivity contribution in [1.29, 1.82) is 0 Å². The number of amides is 1. The molecule has 0 spiro atoms. The highest BCUT2D eigenvalue weighted by Gasteiger charge is 2.25. The van der Waals surface area contributed by atoms with Crippen LogP contribution in [0.4, 0.5) is 4.79 Å². The Morgan fingerprint density at radius 1 is 1.23 bits per heavy atom. The molecule has 0 unspecified atom stereocenters. The minimum atomic E-state index is -0.563. The Labute approximate surface area is 135 Å². The van der Waals surface area contributed by atoms with Crippen molar-refractivity contribution in [2.75, 3.05) is 7.11 Å². The van der Waals surface area contributed by atoms with E-state index in [1.807, 2.05) is 13.8 Å². The summed E-state index contributed by atoms with van der Waals surface area (Å²) < 4.78 is 9.98. The van der Waals surface area contributed by atoms with E-state index in [1.165, 1.54) is 18.4 Å². The first-order valence-electron chi connectivity index (χ1n) is 7.13. The highest BCUT2D eigenvalue weighted by Crippen LogP contribution is 2.30. The SMILES string of the molecule is COC(=O)c1nc([C@H](C)NC(=O)OC(C)(C)C)sc1C(C)C. The van der Waals surface area contributed by atoms with Gasteiger partial charge >= 0.3 is 12.1 Å². The third kappa shape index (κ3) is 4.98. The average molecular weight is 328 g/mol. The van der Waals surface area contributed by atoms with Crippen LogP contribution in [0, 0.1) is 0 Å². The number of carbonyl (C=O) groups excluding carboxylic acids is 2. The molecular formula is C15H24N2O4S. The topological polar surface area (TPSA) is 77.5 Å². The third-order valence-electron chi connectivity index (χ3n) is 2.68. The number of hydrogen-bond acceptors (Lipinski definition) is 6. The number of methoxy groups -OCH3 is 1. The highest BCUT2D eigenvalue weighted by molar-refractivity contribution is 7.12. The number of thiazole rings is 1. The number of rotatable bonds is 4. The molecular weight excluding hydrogens is 304 g/mol. The van der Waals surface area contributed by atoms with Gasteiger partial charge in [-0.05, 0) is 33.6 Å². The Balaban J connectivity index is 2.92. The average Bonchev–Trinajstić information content (AvgIpc) is 2.80. The third-order valence-corrected chi connectivity index (χ3v) is 4.22. The van der Waals surface area contributed by atoms with Crippen LogP contribution < -0.4 is 5.32 Å². The Bertz CT molecular complexity index is 546. The summed E-state index contributed by atoms with van der Waals surface area (Å²) in [5, 5.41) is 3.37. The van der Waals surface area contributed by atoms with E-state index in [9.17, 15) is 9.59 Å². The first-order chi connectivity index (χ1) is 10.0. The summed E-state index contributed by atoms with van der Waals surface area (Å²) >= 11 is 1.40. The summed E-state index contributed by atoms with van der Waals surface area (Å²) in [5.41, 5.74) is -0.247. The first-order valence-corrected chi connectivity index (χ1v) is 7.95. The quantitative estimate of drug-likeness (QED) is 0.854. The second kappa shape index (κ2) is 7.09. The number of carbonyl (C=O) groups is 2. The Hall–Kier alpha value is -1.63. The predicted octanol–water partition coefficient (Wildman–Crippen LogP) is 3.64. The highest BCUT2D eigenvalue weighted by atomic mass is 32.1.